The van der Waals surface area contributed by atoms with Gasteiger partial charge in [0.2, 0.25) is 0 Å². The second-order valence-electron chi connectivity index (χ2n) is 16.5. The van der Waals surface area contributed by atoms with Gasteiger partial charge in [0.15, 0.2) is 0 Å². The summed E-state index contributed by atoms with van der Waals surface area (Å²) in [6.07, 6.45) is 0. The van der Waals surface area contributed by atoms with Gasteiger partial charge in [-0.15, -0.1) is 0 Å². The summed E-state index contributed by atoms with van der Waals surface area (Å²) >= 11 is 0. The van der Waals surface area contributed by atoms with Gasteiger partial charge >= 0.3 is 0 Å². The van der Waals surface area contributed by atoms with Crippen LogP contribution in [0.15, 0.2) is 182 Å². The van der Waals surface area contributed by atoms with Gasteiger partial charge in [0.25, 0.3) is 0 Å². The molecule has 0 unspecified atom stereocenters. The van der Waals surface area contributed by atoms with E-state index in [1.165, 1.54) is 65.5 Å². The highest BCUT2D eigenvalue weighted by Gasteiger charge is 2.33. The third kappa shape index (κ3) is 5.38. The molecule has 0 N–H and O–H groups in total. The molecule has 2 aliphatic rings. The summed E-state index contributed by atoms with van der Waals surface area (Å²) in [5, 5.41) is 9.59. The second-order valence-corrected chi connectivity index (χ2v) is 16.5. The van der Waals surface area contributed by atoms with Crippen molar-refractivity contribution in [3.8, 4) is 22.6 Å². The number of ether oxygens (including phenoxy) is 2. The van der Waals surface area contributed by atoms with Crippen molar-refractivity contribution in [1.29, 1.82) is 0 Å². The standard InChI is InChI=1S/C58H46N4O2/c1-5-59-55-45-29-27-41(63-3)35-47(45)44-32-34-50(62(39-23-15-9-16-24-39)40-25-17-10-18-26-40)58-52(44)53(55)54-51-43(48-36-42(64-4)28-30-46(48)56(54)60(58)6-2)31-33-49(57(51)59)61(37-19-11-7-12-20-37)38-21-13-8-14-22-38/h7-36H,5-6H2,1-4H3. The van der Waals surface area contributed by atoms with Crippen LogP contribution < -0.4 is 19.3 Å². The molecule has 12 rings (SSSR count). The molecule has 6 heteroatoms. The summed E-state index contributed by atoms with van der Waals surface area (Å²) in [5.74, 6) is 1.67. The van der Waals surface area contributed by atoms with E-state index in [4.69, 9.17) is 9.47 Å². The number of nitrogens with zero attached hydrogens (tertiary/aromatic N) is 4. The van der Waals surface area contributed by atoms with Gasteiger partial charge in [-0.1, -0.05) is 84.9 Å². The van der Waals surface area contributed by atoms with Crippen molar-refractivity contribution >= 4 is 99.3 Å². The number of fused-ring (bicyclic) bond motifs is 6. The van der Waals surface area contributed by atoms with Gasteiger partial charge in [0.1, 0.15) is 11.5 Å². The lowest BCUT2D eigenvalue weighted by Gasteiger charge is -2.35. The molecule has 0 aliphatic carbocycles. The fourth-order valence-electron chi connectivity index (χ4n) is 10.8. The van der Waals surface area contributed by atoms with Crippen LogP contribution in [-0.2, 0) is 13.1 Å². The average molecular weight is 831 g/mol. The molecular weight excluding hydrogens is 785 g/mol. The molecule has 10 aromatic carbocycles. The Labute approximate surface area is 372 Å². The lowest BCUT2D eigenvalue weighted by atomic mass is 9.82. The second kappa shape index (κ2) is 14.8. The van der Waals surface area contributed by atoms with Crippen LogP contribution in [0.4, 0.5) is 34.1 Å². The topological polar surface area (TPSA) is 34.8 Å². The van der Waals surface area contributed by atoms with E-state index in [9.17, 15) is 0 Å². The van der Waals surface area contributed by atoms with Crippen LogP contribution in [0.25, 0.3) is 76.3 Å². The van der Waals surface area contributed by atoms with Gasteiger partial charge in [-0.05, 0) is 132 Å². The summed E-state index contributed by atoms with van der Waals surface area (Å²) in [6, 6.07) is 65.8. The zero-order valence-electron chi connectivity index (χ0n) is 36.3. The maximum absolute atomic E-state index is 6.00. The zero-order valence-corrected chi connectivity index (χ0v) is 36.3. The van der Waals surface area contributed by atoms with E-state index < -0.39 is 0 Å². The first-order chi connectivity index (χ1) is 31.6. The number of rotatable bonds is 10. The van der Waals surface area contributed by atoms with Gasteiger partial charge in [-0.25, -0.2) is 0 Å². The molecule has 0 spiro atoms. The monoisotopic (exact) mass is 830 g/mol. The normalized spacial score (nSPS) is 11.9. The summed E-state index contributed by atoms with van der Waals surface area (Å²) in [6.45, 7) is 6.07. The van der Waals surface area contributed by atoms with Crippen LogP contribution in [0.3, 0.4) is 0 Å². The van der Waals surface area contributed by atoms with Gasteiger partial charge in [-0.3, -0.25) is 0 Å². The Kier molecular flexibility index (Phi) is 8.76. The Morgan fingerprint density at radius 3 is 1.00 bits per heavy atom. The molecule has 6 nitrogen and oxygen atoms in total. The van der Waals surface area contributed by atoms with Crippen molar-refractivity contribution in [2.24, 2.45) is 0 Å². The largest absolute Gasteiger partial charge is 0.497 e. The van der Waals surface area contributed by atoms with E-state index in [1.807, 2.05) is 0 Å². The van der Waals surface area contributed by atoms with Gasteiger partial charge in [0, 0.05) is 68.5 Å². The van der Waals surface area contributed by atoms with Crippen molar-refractivity contribution < 1.29 is 9.47 Å². The van der Waals surface area contributed by atoms with E-state index >= 15 is 0 Å². The first kappa shape index (κ1) is 37.8. The molecule has 10 aromatic rings. The number of anilines is 6. The number of benzene rings is 10. The first-order valence-corrected chi connectivity index (χ1v) is 22.2. The highest BCUT2D eigenvalue weighted by Crippen LogP contribution is 2.57. The van der Waals surface area contributed by atoms with Crippen LogP contribution in [0.5, 0.6) is 11.5 Å². The van der Waals surface area contributed by atoms with Crippen molar-refractivity contribution in [3.63, 3.8) is 0 Å². The van der Waals surface area contributed by atoms with Gasteiger partial charge in [0.05, 0.1) is 47.7 Å². The summed E-state index contributed by atoms with van der Waals surface area (Å²) in [4.78, 5) is 4.86. The molecule has 0 fully saturated rings. The highest BCUT2D eigenvalue weighted by molar-refractivity contribution is 6.39. The van der Waals surface area contributed by atoms with E-state index in [0.29, 0.717) is 0 Å². The minimum Gasteiger partial charge on any atom is -0.497 e. The third-order valence-electron chi connectivity index (χ3n) is 13.3. The van der Waals surface area contributed by atoms with E-state index in [-0.39, 0.29) is 0 Å². The van der Waals surface area contributed by atoms with Crippen molar-refractivity contribution in [2.45, 2.75) is 26.9 Å². The number of hydrogen-bond acceptors (Lipinski definition) is 4. The fraction of sp³-hybridized carbons (Fsp3) is 0.103. The van der Waals surface area contributed by atoms with Crippen LogP contribution in [0.1, 0.15) is 13.8 Å². The molecule has 0 bridgehead atoms. The van der Waals surface area contributed by atoms with Crippen LogP contribution in [0.2, 0.25) is 0 Å². The van der Waals surface area contributed by atoms with Gasteiger partial charge in [-0.2, -0.15) is 0 Å². The van der Waals surface area contributed by atoms with Crippen molar-refractivity contribution in [3.05, 3.63) is 182 Å². The molecule has 64 heavy (non-hydrogen) atoms. The summed E-state index contributed by atoms with van der Waals surface area (Å²) in [5.41, 5.74) is 13.9. The lowest BCUT2D eigenvalue weighted by Crippen LogP contribution is -2.17. The molecule has 2 aliphatic heterocycles. The Balaban J connectivity index is 1.39. The fourth-order valence-corrected chi connectivity index (χ4v) is 10.8. The number of aryl methyl sites for hydroxylation is 2. The van der Waals surface area contributed by atoms with Gasteiger partial charge < -0.3 is 28.4 Å². The molecule has 2 heterocycles. The van der Waals surface area contributed by atoms with Crippen molar-refractivity contribution in [2.75, 3.05) is 24.0 Å². The lowest BCUT2D eigenvalue weighted by molar-refractivity contribution is 0.415. The Bertz CT molecular complexity index is 3330. The predicted octanol–water partition coefficient (Wildman–Crippen LogP) is 15.7. The number of aromatic nitrogens is 2. The number of para-hydroxylation sites is 4. The average Bonchev–Trinajstić information content (AvgIpc) is 3.36. The highest BCUT2D eigenvalue weighted by atomic mass is 16.5. The number of pyridine rings is 2. The minimum atomic E-state index is 0.737. The number of hydrogen-bond donors (Lipinski definition) is 0. The number of methoxy groups -OCH3 is 2. The van der Waals surface area contributed by atoms with E-state index in [1.54, 1.807) is 14.2 Å². The van der Waals surface area contributed by atoms with Crippen LogP contribution >= 0.6 is 0 Å². The molecule has 0 saturated carbocycles. The van der Waals surface area contributed by atoms with Crippen LogP contribution in [-0.4, -0.2) is 23.4 Å². The smallest absolute Gasteiger partial charge is 0.119 e. The minimum absolute atomic E-state index is 0.737. The Morgan fingerprint density at radius 2 is 0.688 bits per heavy atom. The molecule has 0 saturated heterocycles. The molecule has 0 atom stereocenters. The molecule has 0 aromatic heterocycles. The third-order valence-corrected chi connectivity index (χ3v) is 13.3. The van der Waals surface area contributed by atoms with E-state index in [2.05, 4.69) is 215 Å². The first-order valence-electron chi connectivity index (χ1n) is 22.2. The maximum Gasteiger partial charge on any atom is 0.119 e. The molecule has 0 amide bonds. The molecular formula is C58H46N4O2. The Hall–Kier alpha value is -7.96. The molecule has 310 valence electrons. The SMILES string of the molecule is CCn1c2c3c4c(ccc(N(c5ccccc5)c5ccccc5)c4n(CC)c4c-3c3c(ccc(N(c5ccccc5)c5ccccc5)c31)c1cc(OC)ccc14)c1cc(OC)ccc12. The van der Waals surface area contributed by atoms with E-state index in [0.717, 1.165) is 69.5 Å². The van der Waals surface area contributed by atoms with Crippen molar-refractivity contribution in [1.82, 2.24) is 9.13 Å². The quantitative estimate of drug-likeness (QED) is 0.102. The van der Waals surface area contributed by atoms with Crippen LogP contribution in [0, 0.1) is 0 Å². The summed E-state index contributed by atoms with van der Waals surface area (Å²) in [7, 11) is 3.53. The molecule has 0 radical (unpaired) electrons. The Morgan fingerprint density at radius 1 is 0.359 bits per heavy atom. The summed E-state index contributed by atoms with van der Waals surface area (Å²) < 4.78 is 17.2. The predicted molar refractivity (Wildman–Crippen MR) is 269 cm³/mol. The zero-order chi connectivity index (χ0) is 43.1. The maximum atomic E-state index is 6.00.